The van der Waals surface area contributed by atoms with Crippen molar-refractivity contribution in [2.24, 2.45) is 0 Å². The third kappa shape index (κ3) is 10.7. The molecular weight excluding hydrogens is 637 g/mol. The zero-order valence-corrected chi connectivity index (χ0v) is 27.6. The van der Waals surface area contributed by atoms with Crippen molar-refractivity contribution < 1.29 is 27.4 Å². The van der Waals surface area contributed by atoms with E-state index < -0.39 is 15.7 Å². The summed E-state index contributed by atoms with van der Waals surface area (Å²) >= 11 is 0. The van der Waals surface area contributed by atoms with Crippen molar-refractivity contribution in [2.75, 3.05) is 40.5 Å². The smallest absolute Gasteiger partial charge is 0.253 e. The number of carbonyl (C=O) groups is 1. The zero-order valence-electron chi connectivity index (χ0n) is 26.8. The van der Waals surface area contributed by atoms with E-state index in [1.165, 1.54) is 11.4 Å². The molecule has 0 bridgehead atoms. The Morgan fingerprint density at radius 3 is 1.49 bits per heavy atom. The van der Waals surface area contributed by atoms with Crippen molar-refractivity contribution >= 4 is 15.9 Å². The molecule has 2 aromatic carbocycles. The van der Waals surface area contributed by atoms with Crippen LogP contribution >= 0.6 is 0 Å². The van der Waals surface area contributed by atoms with Gasteiger partial charge < -0.3 is 19.1 Å². The van der Waals surface area contributed by atoms with E-state index in [0.717, 1.165) is 0 Å². The molecule has 0 radical (unpaired) electrons. The van der Waals surface area contributed by atoms with E-state index in [2.05, 4.69) is 94.7 Å². The Hall–Kier alpha value is -6.58. The van der Waals surface area contributed by atoms with Crippen LogP contribution in [0.15, 0.2) is 53.4 Å². The van der Waals surface area contributed by atoms with Gasteiger partial charge >= 0.3 is 0 Å². The molecule has 0 unspecified atom stereocenters. The maximum absolute atomic E-state index is 13.3. The molecule has 49 heavy (non-hydrogen) atoms. The van der Waals surface area contributed by atoms with Crippen LogP contribution in [0, 0.1) is 108 Å². The second-order valence-corrected chi connectivity index (χ2v) is 11.5. The summed E-state index contributed by atoms with van der Waals surface area (Å²) in [7, 11) is -0.621. The molecule has 1 amide bonds. The van der Waals surface area contributed by atoms with Crippen LogP contribution in [0.2, 0.25) is 0 Å². The van der Waals surface area contributed by atoms with Crippen molar-refractivity contribution in [3.63, 3.8) is 0 Å². The molecule has 2 aromatic rings. The lowest BCUT2D eigenvalue weighted by atomic mass is 10.00. The van der Waals surface area contributed by atoms with E-state index in [-0.39, 0.29) is 10.8 Å². The fourth-order valence-corrected chi connectivity index (χ4v) is 6.35. The summed E-state index contributed by atoms with van der Waals surface area (Å²) in [6.45, 7) is 1.46. The van der Waals surface area contributed by atoms with Gasteiger partial charge in [-0.15, -0.1) is 12.8 Å². The summed E-state index contributed by atoms with van der Waals surface area (Å²) in [5.41, 5.74) is -0.345. The number of piperidine rings is 1. The average molecular weight is 665 g/mol. The lowest BCUT2D eigenvalue weighted by Gasteiger charge is -2.42. The highest BCUT2D eigenvalue weighted by molar-refractivity contribution is 7.89. The molecule has 1 spiro atoms. The molecule has 2 aliphatic rings. The van der Waals surface area contributed by atoms with Crippen LogP contribution in [0.3, 0.4) is 0 Å². The second kappa shape index (κ2) is 19.2. The molecule has 2 aliphatic heterocycles. The molecule has 2 saturated heterocycles. The first-order valence-electron chi connectivity index (χ1n) is 14.5. The number of hydrogen-bond acceptors (Lipinski definition) is 6. The van der Waals surface area contributed by atoms with E-state index in [1.54, 1.807) is 60.5 Å². The molecule has 0 atom stereocenters. The van der Waals surface area contributed by atoms with Gasteiger partial charge in [-0.2, -0.15) is 4.31 Å². The number of terminal acetylenes is 2. The summed E-state index contributed by atoms with van der Waals surface area (Å²) in [4.78, 5) is 14.8. The van der Waals surface area contributed by atoms with E-state index in [9.17, 15) is 13.2 Å². The van der Waals surface area contributed by atoms with E-state index in [0.29, 0.717) is 56.1 Å². The van der Waals surface area contributed by atoms with Crippen LogP contribution in [-0.4, -0.2) is 69.7 Å². The lowest BCUT2D eigenvalue weighted by molar-refractivity contribution is -0.0857. The first-order valence-corrected chi connectivity index (χ1v) is 15.9. The zero-order chi connectivity index (χ0) is 35.4. The molecular formula is C40H28N2O6S. The highest BCUT2D eigenvalue weighted by atomic mass is 32.2. The van der Waals surface area contributed by atoms with Crippen LogP contribution < -0.4 is 9.47 Å². The highest BCUT2D eigenvalue weighted by Gasteiger charge is 2.51. The van der Waals surface area contributed by atoms with Crippen molar-refractivity contribution in [1.82, 2.24) is 9.21 Å². The van der Waals surface area contributed by atoms with Gasteiger partial charge in [0.25, 0.3) is 5.91 Å². The van der Waals surface area contributed by atoms with Gasteiger partial charge in [-0.3, -0.25) is 4.79 Å². The Bertz CT molecular complexity index is 2100. The quantitative estimate of drug-likeness (QED) is 0.458. The SMILES string of the molecule is C#CC#CC#CC#CC#CC#CC#CC#CC#C.COc1ccc(C(=O)N2CCC3(CC2)OCCN3S(=O)(=O)c2ccc(OC)cc2)cc1. The minimum Gasteiger partial charge on any atom is -0.497 e. The maximum Gasteiger partial charge on any atom is 0.253 e. The van der Waals surface area contributed by atoms with E-state index >= 15 is 0 Å². The molecule has 0 aromatic heterocycles. The predicted octanol–water partition coefficient (Wildman–Crippen LogP) is 2.63. The van der Waals surface area contributed by atoms with Gasteiger partial charge in [-0.05, 0) is 143 Å². The second-order valence-electron chi connectivity index (χ2n) is 9.61. The summed E-state index contributed by atoms with van der Waals surface area (Å²) in [5.74, 6) is 39.4. The van der Waals surface area contributed by atoms with Crippen molar-refractivity contribution in [1.29, 1.82) is 0 Å². The van der Waals surface area contributed by atoms with Crippen LogP contribution in [0.4, 0.5) is 0 Å². The number of ether oxygens (including phenoxy) is 3. The molecule has 0 aliphatic carbocycles. The minimum atomic E-state index is -3.73. The van der Waals surface area contributed by atoms with Crippen LogP contribution in [-0.2, 0) is 14.8 Å². The number of hydrogen-bond donors (Lipinski definition) is 0. The Balaban J connectivity index is 0.000000311. The summed E-state index contributed by atoms with van der Waals surface area (Å²) < 4.78 is 44.3. The fourth-order valence-electron chi connectivity index (χ4n) is 4.62. The molecule has 2 fully saturated rings. The van der Waals surface area contributed by atoms with Crippen molar-refractivity contribution in [3.05, 3.63) is 54.1 Å². The standard InChI is InChI=1S/C22H26N2O6S.C18H2/c1-28-18-5-3-17(4-6-18)21(25)23-13-11-22(12-14-23)24(15-16-30-22)31(26,27)20-9-7-19(29-2)8-10-20;1-3-5-7-9-11-13-15-17-18-16-14-12-10-8-6-4-2/h3-10H,11-16H2,1-2H3;1-2H. The number of sulfonamides is 1. The van der Waals surface area contributed by atoms with Gasteiger partial charge in [0, 0.05) is 38.0 Å². The normalized spacial score (nSPS) is 13.3. The van der Waals surface area contributed by atoms with Gasteiger partial charge in [0.2, 0.25) is 10.0 Å². The molecule has 4 rings (SSSR count). The van der Waals surface area contributed by atoms with Gasteiger partial charge in [0.15, 0.2) is 0 Å². The number of rotatable bonds is 5. The lowest BCUT2D eigenvalue weighted by Crippen LogP contribution is -2.55. The summed E-state index contributed by atoms with van der Waals surface area (Å²) in [5, 5.41) is 0. The summed E-state index contributed by atoms with van der Waals surface area (Å²) in [6, 6.07) is 13.3. The number of benzene rings is 2. The maximum atomic E-state index is 13.3. The highest BCUT2D eigenvalue weighted by Crippen LogP contribution is 2.38. The monoisotopic (exact) mass is 664 g/mol. The van der Waals surface area contributed by atoms with E-state index in [1.807, 2.05) is 0 Å². The van der Waals surface area contributed by atoms with E-state index in [4.69, 9.17) is 27.1 Å². The number of methoxy groups -OCH3 is 2. The number of amides is 1. The number of carbonyl (C=O) groups excluding carboxylic acids is 1. The molecule has 2 heterocycles. The summed E-state index contributed by atoms with van der Waals surface area (Å²) in [6.07, 6.45) is 10.6. The largest absolute Gasteiger partial charge is 0.497 e. The van der Waals surface area contributed by atoms with Gasteiger partial charge in [0.05, 0.1) is 25.7 Å². The Morgan fingerprint density at radius 2 is 1.08 bits per heavy atom. The Kier molecular flexibility index (Phi) is 14.4. The third-order valence-corrected chi connectivity index (χ3v) is 8.86. The fraction of sp³-hybridized carbons (Fsp3) is 0.225. The molecule has 0 N–H and O–H groups in total. The first-order chi connectivity index (χ1) is 23.8. The Labute approximate surface area is 288 Å². The topological polar surface area (TPSA) is 85.4 Å². The van der Waals surface area contributed by atoms with Gasteiger partial charge in [-0.1, -0.05) is 0 Å². The van der Waals surface area contributed by atoms with Crippen LogP contribution in [0.5, 0.6) is 11.5 Å². The van der Waals surface area contributed by atoms with Crippen molar-refractivity contribution in [3.8, 4) is 119 Å². The van der Waals surface area contributed by atoms with Crippen LogP contribution in [0.25, 0.3) is 0 Å². The predicted molar refractivity (Wildman–Crippen MR) is 186 cm³/mol. The van der Waals surface area contributed by atoms with Gasteiger partial charge in [-0.25, -0.2) is 8.42 Å². The van der Waals surface area contributed by atoms with Crippen LogP contribution in [0.1, 0.15) is 23.2 Å². The average Bonchev–Trinajstić information content (AvgIpc) is 3.55. The number of likely N-dealkylation sites (tertiary alicyclic amines) is 1. The van der Waals surface area contributed by atoms with Crippen molar-refractivity contribution in [2.45, 2.75) is 23.5 Å². The Morgan fingerprint density at radius 1 is 0.673 bits per heavy atom. The minimum absolute atomic E-state index is 0.0833. The van der Waals surface area contributed by atoms with Gasteiger partial charge in [0.1, 0.15) is 17.2 Å². The molecule has 8 nitrogen and oxygen atoms in total. The molecule has 240 valence electrons. The molecule has 0 saturated carbocycles. The number of nitrogens with zero attached hydrogens (tertiary/aromatic N) is 2. The molecule has 9 heteroatoms. The first kappa shape index (κ1) is 36.9. The third-order valence-electron chi connectivity index (χ3n) is 6.89.